The maximum atomic E-state index is 15.3. The van der Waals surface area contributed by atoms with Crippen molar-refractivity contribution in [3.05, 3.63) is 76.0 Å². The van der Waals surface area contributed by atoms with Crippen molar-refractivity contribution >= 4 is 29.2 Å². The molecule has 1 aliphatic rings. The zero-order chi connectivity index (χ0) is 23.8. The number of nitrogens with one attached hydrogen (secondary N) is 1. The average Bonchev–Trinajstić information content (AvgIpc) is 2.96. The lowest BCUT2D eigenvalue weighted by molar-refractivity contribution is -0.142. The lowest BCUT2D eigenvalue weighted by Crippen LogP contribution is -2.52. The minimum Gasteiger partial charge on any atom is -0.431 e. The van der Waals surface area contributed by atoms with Crippen LogP contribution in [0.15, 0.2) is 48.9 Å². The minimum absolute atomic E-state index is 0.0554. The van der Waals surface area contributed by atoms with Crippen molar-refractivity contribution in [1.29, 1.82) is 0 Å². The molecule has 1 aromatic carbocycles. The van der Waals surface area contributed by atoms with E-state index in [-0.39, 0.29) is 21.8 Å². The summed E-state index contributed by atoms with van der Waals surface area (Å²) in [7, 11) is 0. The molecule has 3 rings (SSSR count). The van der Waals surface area contributed by atoms with Gasteiger partial charge in [0.15, 0.2) is 0 Å². The Morgan fingerprint density at radius 2 is 2.00 bits per heavy atom. The summed E-state index contributed by atoms with van der Waals surface area (Å²) in [4.78, 5) is 17.6. The number of hydrogen-bond donors (Lipinski definition) is 2. The molecule has 5 nitrogen and oxygen atoms in total. The number of nitrogens with zero attached hydrogens (tertiary/aromatic N) is 1. The van der Waals surface area contributed by atoms with Gasteiger partial charge in [-0.1, -0.05) is 62.7 Å². The standard InChI is InChI=1S/C24H28Cl2FN3O2/c1-13(2)32-22(31)21-19(15-7-6-8-16(26)20(15)27)24(28,17-10-9-14(25)12-29-17)18(30-21)11-23(3,4)5/h6-10,12,18-19,21,30H,1,11,28H2,2-5H3/t18-,19-,21+,24+/m0/s1. The molecule has 0 aliphatic carbocycles. The number of hydrogen-bond acceptors (Lipinski definition) is 5. The van der Waals surface area contributed by atoms with Gasteiger partial charge in [-0.05, 0) is 42.5 Å². The van der Waals surface area contributed by atoms with Crippen molar-refractivity contribution in [3.63, 3.8) is 0 Å². The van der Waals surface area contributed by atoms with Gasteiger partial charge in [-0.2, -0.15) is 0 Å². The van der Waals surface area contributed by atoms with Crippen LogP contribution in [0.4, 0.5) is 4.39 Å². The van der Waals surface area contributed by atoms with Gasteiger partial charge in [-0.3, -0.25) is 10.3 Å². The molecule has 2 aromatic rings. The highest BCUT2D eigenvalue weighted by molar-refractivity contribution is 6.31. The molecule has 0 radical (unpaired) electrons. The first kappa shape index (κ1) is 24.6. The van der Waals surface area contributed by atoms with Crippen LogP contribution < -0.4 is 11.1 Å². The second kappa shape index (κ2) is 9.10. The van der Waals surface area contributed by atoms with Crippen molar-refractivity contribution < 1.29 is 13.9 Å². The van der Waals surface area contributed by atoms with Crippen molar-refractivity contribution in [1.82, 2.24) is 10.3 Å². The summed E-state index contributed by atoms with van der Waals surface area (Å²) in [5.41, 5.74) is 6.41. The fraction of sp³-hybridized carbons (Fsp3) is 0.417. The summed E-state index contributed by atoms with van der Waals surface area (Å²) < 4.78 is 20.6. The normalized spacial score (nSPS) is 25.6. The molecule has 1 aromatic heterocycles. The molecule has 1 saturated heterocycles. The molecule has 1 fully saturated rings. The number of aromatic nitrogens is 1. The Morgan fingerprint density at radius 1 is 1.31 bits per heavy atom. The molecule has 0 bridgehead atoms. The smallest absolute Gasteiger partial charge is 0.328 e. The van der Waals surface area contributed by atoms with E-state index in [0.717, 1.165) is 0 Å². The number of ether oxygens (including phenoxy) is 1. The number of carbonyl (C=O) groups is 1. The molecule has 1 aliphatic heterocycles. The Morgan fingerprint density at radius 3 is 2.56 bits per heavy atom. The summed E-state index contributed by atoms with van der Waals surface area (Å²) in [6, 6.07) is 6.69. The molecule has 0 saturated carbocycles. The molecule has 3 N–H and O–H groups in total. The molecule has 0 spiro atoms. The monoisotopic (exact) mass is 479 g/mol. The summed E-state index contributed by atoms with van der Waals surface area (Å²) in [6.45, 7) is 11.4. The summed E-state index contributed by atoms with van der Waals surface area (Å²) in [5, 5.41) is 3.72. The third-order valence-corrected chi connectivity index (χ3v) is 6.15. The van der Waals surface area contributed by atoms with Crippen molar-refractivity contribution in [2.24, 2.45) is 11.1 Å². The highest BCUT2D eigenvalue weighted by Crippen LogP contribution is 2.48. The van der Waals surface area contributed by atoms with Gasteiger partial charge in [-0.15, -0.1) is 0 Å². The summed E-state index contributed by atoms with van der Waals surface area (Å²) >= 11 is 12.2. The van der Waals surface area contributed by atoms with Gasteiger partial charge in [0.05, 0.1) is 27.0 Å². The number of carbonyl (C=O) groups excluding carboxylic acids is 1. The first-order valence-electron chi connectivity index (χ1n) is 10.3. The van der Waals surface area contributed by atoms with Crippen LogP contribution in [0.25, 0.3) is 0 Å². The zero-order valence-electron chi connectivity index (χ0n) is 18.6. The van der Waals surface area contributed by atoms with E-state index in [2.05, 4.69) is 37.7 Å². The molecule has 32 heavy (non-hydrogen) atoms. The number of pyridine rings is 1. The molecule has 172 valence electrons. The second-order valence-electron chi connectivity index (χ2n) is 9.50. The lowest BCUT2D eigenvalue weighted by Gasteiger charge is -2.38. The van der Waals surface area contributed by atoms with Gasteiger partial charge in [0, 0.05) is 18.2 Å². The van der Waals surface area contributed by atoms with Crippen LogP contribution in [0.2, 0.25) is 10.0 Å². The fourth-order valence-electron chi connectivity index (χ4n) is 4.39. The molecular weight excluding hydrogens is 452 g/mol. The second-order valence-corrected chi connectivity index (χ2v) is 10.3. The maximum absolute atomic E-state index is 15.3. The highest BCUT2D eigenvalue weighted by Gasteiger charge is 2.59. The molecule has 0 unspecified atom stereocenters. The topological polar surface area (TPSA) is 77.2 Å². The Balaban J connectivity index is 2.26. The Kier molecular flexibility index (Phi) is 7.01. The van der Waals surface area contributed by atoms with E-state index in [1.165, 1.54) is 12.3 Å². The number of halogens is 3. The zero-order valence-corrected chi connectivity index (χ0v) is 20.1. The summed E-state index contributed by atoms with van der Waals surface area (Å²) in [6.07, 6.45) is 2.08. The molecule has 8 heteroatoms. The number of esters is 1. The fourth-order valence-corrected chi connectivity index (χ4v) is 4.68. The molecule has 4 atom stereocenters. The van der Waals surface area contributed by atoms with Crippen LogP contribution >= 0.6 is 23.2 Å². The predicted octanol–water partition coefficient (Wildman–Crippen LogP) is 5.32. The number of benzene rings is 1. The van der Waals surface area contributed by atoms with E-state index in [4.69, 9.17) is 33.7 Å². The quantitative estimate of drug-likeness (QED) is 0.448. The van der Waals surface area contributed by atoms with E-state index in [0.29, 0.717) is 17.1 Å². The number of nitrogens with two attached hydrogens (primary N) is 1. The minimum atomic E-state index is -1.26. The van der Waals surface area contributed by atoms with E-state index in [1.807, 2.05) is 0 Å². The predicted molar refractivity (Wildman–Crippen MR) is 125 cm³/mol. The highest BCUT2D eigenvalue weighted by atomic mass is 35.5. The van der Waals surface area contributed by atoms with Crippen LogP contribution in [0, 0.1) is 11.2 Å². The Labute approximate surface area is 198 Å². The average molecular weight is 480 g/mol. The molecule has 2 heterocycles. The van der Waals surface area contributed by atoms with Gasteiger partial charge < -0.3 is 10.5 Å². The van der Waals surface area contributed by atoms with Crippen LogP contribution in [0.5, 0.6) is 0 Å². The van der Waals surface area contributed by atoms with Crippen LogP contribution in [0.3, 0.4) is 0 Å². The van der Waals surface area contributed by atoms with Crippen LogP contribution in [-0.4, -0.2) is 23.0 Å². The van der Waals surface area contributed by atoms with Gasteiger partial charge in [0.25, 0.3) is 0 Å². The first-order valence-corrected chi connectivity index (χ1v) is 11.1. The largest absolute Gasteiger partial charge is 0.431 e. The van der Waals surface area contributed by atoms with Gasteiger partial charge in [0.1, 0.15) is 11.9 Å². The van der Waals surface area contributed by atoms with E-state index in [9.17, 15) is 4.79 Å². The van der Waals surface area contributed by atoms with Crippen molar-refractivity contribution in [2.45, 2.75) is 57.7 Å². The molecule has 0 amide bonds. The first-order chi connectivity index (χ1) is 14.8. The SMILES string of the molecule is C=C(C)OC(=O)[C@@H]1N[C@@H](CC(C)(C)C)[C@](N)(c2ccc(Cl)cn2)[C@H]1c1cccc(Cl)c1F. The van der Waals surface area contributed by atoms with Gasteiger partial charge in [-0.25, -0.2) is 9.18 Å². The third kappa shape index (κ3) is 4.84. The van der Waals surface area contributed by atoms with Crippen LogP contribution in [0.1, 0.15) is 51.3 Å². The number of allylic oxidation sites excluding steroid dienone is 1. The third-order valence-electron chi connectivity index (χ3n) is 5.64. The Bertz CT molecular complexity index is 1020. The summed E-state index contributed by atoms with van der Waals surface area (Å²) in [5.74, 6) is -1.85. The van der Waals surface area contributed by atoms with Crippen molar-refractivity contribution in [3.8, 4) is 0 Å². The van der Waals surface area contributed by atoms with E-state index in [1.54, 1.807) is 31.2 Å². The lowest BCUT2D eigenvalue weighted by atomic mass is 9.70. The van der Waals surface area contributed by atoms with E-state index < -0.39 is 35.3 Å². The number of rotatable bonds is 5. The van der Waals surface area contributed by atoms with E-state index >= 15 is 4.39 Å². The molecular formula is C24H28Cl2FN3O2. The van der Waals surface area contributed by atoms with Crippen LogP contribution in [-0.2, 0) is 15.1 Å². The van der Waals surface area contributed by atoms with Crippen molar-refractivity contribution in [2.75, 3.05) is 0 Å². The maximum Gasteiger partial charge on any atom is 0.328 e. The Hall–Kier alpha value is -1.99. The van der Waals surface area contributed by atoms with Gasteiger partial charge >= 0.3 is 5.97 Å². The van der Waals surface area contributed by atoms with Gasteiger partial charge in [0.2, 0.25) is 0 Å².